The SMILES string of the molecule is CCOc1c(C)cc2cncn2c1C(=O)OC. The number of nitrogens with zero attached hydrogens (tertiary/aromatic N) is 2. The Labute approximate surface area is 99.0 Å². The van der Waals surface area contributed by atoms with Crippen LogP contribution in [0.25, 0.3) is 5.52 Å². The summed E-state index contributed by atoms with van der Waals surface area (Å²) in [7, 11) is 1.35. The fourth-order valence-electron chi connectivity index (χ4n) is 1.80. The highest BCUT2D eigenvalue weighted by atomic mass is 16.5. The monoisotopic (exact) mass is 234 g/mol. The van der Waals surface area contributed by atoms with Crippen LogP contribution in [0.5, 0.6) is 5.75 Å². The summed E-state index contributed by atoms with van der Waals surface area (Å²) < 4.78 is 12.0. The van der Waals surface area contributed by atoms with Crippen molar-refractivity contribution in [1.82, 2.24) is 9.38 Å². The molecule has 0 radical (unpaired) electrons. The van der Waals surface area contributed by atoms with Crippen molar-refractivity contribution >= 4 is 11.5 Å². The average Bonchev–Trinajstić information content (AvgIpc) is 2.76. The van der Waals surface area contributed by atoms with E-state index < -0.39 is 5.97 Å². The molecule has 5 nitrogen and oxygen atoms in total. The Balaban J connectivity index is 2.75. The van der Waals surface area contributed by atoms with Crippen LogP contribution >= 0.6 is 0 Å². The Bertz CT molecular complexity index is 560. The molecule has 0 aliphatic heterocycles. The number of methoxy groups -OCH3 is 1. The second-order valence-electron chi connectivity index (χ2n) is 3.62. The van der Waals surface area contributed by atoms with Gasteiger partial charge >= 0.3 is 5.97 Å². The molecule has 2 aromatic heterocycles. The summed E-state index contributed by atoms with van der Waals surface area (Å²) in [4.78, 5) is 15.8. The highest BCUT2D eigenvalue weighted by Gasteiger charge is 2.20. The molecule has 17 heavy (non-hydrogen) atoms. The summed E-state index contributed by atoms with van der Waals surface area (Å²) in [6.45, 7) is 4.26. The van der Waals surface area contributed by atoms with E-state index in [1.165, 1.54) is 7.11 Å². The number of esters is 1. The van der Waals surface area contributed by atoms with Gasteiger partial charge in [-0.15, -0.1) is 0 Å². The molecule has 90 valence electrons. The lowest BCUT2D eigenvalue weighted by molar-refractivity contribution is 0.0587. The van der Waals surface area contributed by atoms with Crippen LogP contribution in [0.1, 0.15) is 23.0 Å². The Kier molecular flexibility index (Phi) is 2.99. The quantitative estimate of drug-likeness (QED) is 0.760. The molecule has 0 saturated heterocycles. The lowest BCUT2D eigenvalue weighted by Crippen LogP contribution is -2.12. The molecule has 0 amide bonds. The molecule has 0 bridgehead atoms. The minimum absolute atomic E-state index is 0.377. The fourth-order valence-corrected chi connectivity index (χ4v) is 1.80. The normalized spacial score (nSPS) is 10.5. The highest BCUT2D eigenvalue weighted by Crippen LogP contribution is 2.26. The zero-order valence-corrected chi connectivity index (χ0v) is 10.1. The fraction of sp³-hybridized carbons (Fsp3) is 0.333. The first-order valence-electron chi connectivity index (χ1n) is 5.35. The minimum atomic E-state index is -0.430. The maximum Gasteiger partial charge on any atom is 0.359 e. The number of aryl methyl sites for hydroxylation is 1. The van der Waals surface area contributed by atoms with E-state index in [2.05, 4.69) is 4.98 Å². The van der Waals surface area contributed by atoms with E-state index in [9.17, 15) is 4.79 Å². The first kappa shape index (κ1) is 11.4. The lowest BCUT2D eigenvalue weighted by atomic mass is 10.2. The molecule has 2 aromatic rings. The summed E-state index contributed by atoms with van der Waals surface area (Å²) in [5, 5.41) is 0. The number of fused-ring (bicyclic) bond motifs is 1. The first-order valence-corrected chi connectivity index (χ1v) is 5.35. The van der Waals surface area contributed by atoms with Gasteiger partial charge in [0.1, 0.15) is 0 Å². The number of aromatic nitrogens is 2. The van der Waals surface area contributed by atoms with Crippen LogP contribution in [0.2, 0.25) is 0 Å². The zero-order chi connectivity index (χ0) is 12.4. The molecule has 0 N–H and O–H groups in total. The predicted octanol–water partition coefficient (Wildman–Crippen LogP) is 1.83. The van der Waals surface area contributed by atoms with Gasteiger partial charge in [0.05, 0.1) is 31.8 Å². The smallest absolute Gasteiger partial charge is 0.359 e. The van der Waals surface area contributed by atoms with Gasteiger partial charge in [0.15, 0.2) is 11.4 Å². The van der Waals surface area contributed by atoms with Gasteiger partial charge in [-0.25, -0.2) is 9.78 Å². The number of pyridine rings is 1. The summed E-state index contributed by atoms with van der Waals surface area (Å²) >= 11 is 0. The Hall–Kier alpha value is -2.04. The summed E-state index contributed by atoms with van der Waals surface area (Å²) in [5.74, 6) is 0.116. The van der Waals surface area contributed by atoms with Crippen LogP contribution < -0.4 is 4.74 Å². The number of hydrogen-bond donors (Lipinski definition) is 0. The minimum Gasteiger partial charge on any atom is -0.491 e. The van der Waals surface area contributed by atoms with Crippen molar-refractivity contribution in [2.24, 2.45) is 0 Å². The number of imidazole rings is 1. The van der Waals surface area contributed by atoms with Crippen molar-refractivity contribution in [3.8, 4) is 5.75 Å². The van der Waals surface area contributed by atoms with Crippen LogP contribution in [0, 0.1) is 6.92 Å². The van der Waals surface area contributed by atoms with Gasteiger partial charge in [-0.3, -0.25) is 4.40 Å². The molecule has 0 spiro atoms. The maximum absolute atomic E-state index is 11.8. The standard InChI is InChI=1S/C12H14N2O3/c1-4-17-11-8(2)5-9-6-13-7-14(9)10(11)12(15)16-3/h5-7H,4H2,1-3H3. The highest BCUT2D eigenvalue weighted by molar-refractivity contribution is 5.92. The van der Waals surface area contributed by atoms with Crippen LogP contribution in [-0.4, -0.2) is 29.1 Å². The van der Waals surface area contributed by atoms with E-state index in [-0.39, 0.29) is 0 Å². The van der Waals surface area contributed by atoms with E-state index in [1.807, 2.05) is 19.9 Å². The van der Waals surface area contributed by atoms with Crippen molar-refractivity contribution < 1.29 is 14.3 Å². The number of ether oxygens (including phenoxy) is 2. The third kappa shape index (κ3) is 1.84. The van der Waals surface area contributed by atoms with E-state index >= 15 is 0 Å². The molecule has 5 heteroatoms. The maximum atomic E-state index is 11.8. The molecule has 0 fully saturated rings. The summed E-state index contributed by atoms with van der Waals surface area (Å²) in [6, 6.07) is 1.92. The molecular formula is C12H14N2O3. The lowest BCUT2D eigenvalue weighted by Gasteiger charge is -2.13. The van der Waals surface area contributed by atoms with Crippen LogP contribution in [0.3, 0.4) is 0 Å². The van der Waals surface area contributed by atoms with Crippen molar-refractivity contribution in [3.05, 3.63) is 29.8 Å². The van der Waals surface area contributed by atoms with Gasteiger partial charge in [-0.1, -0.05) is 0 Å². The van der Waals surface area contributed by atoms with Crippen molar-refractivity contribution in [3.63, 3.8) is 0 Å². The Morgan fingerprint density at radius 1 is 1.53 bits per heavy atom. The molecule has 0 aliphatic carbocycles. The Morgan fingerprint density at radius 3 is 2.94 bits per heavy atom. The van der Waals surface area contributed by atoms with E-state index in [0.29, 0.717) is 18.1 Å². The number of carbonyl (C=O) groups is 1. The van der Waals surface area contributed by atoms with Crippen LogP contribution in [-0.2, 0) is 4.74 Å². The number of carbonyl (C=O) groups excluding carboxylic acids is 1. The molecule has 2 rings (SSSR count). The molecule has 0 unspecified atom stereocenters. The molecule has 0 atom stereocenters. The third-order valence-electron chi connectivity index (χ3n) is 2.51. The first-order chi connectivity index (χ1) is 8.19. The second kappa shape index (κ2) is 4.45. The molecule has 0 saturated carbocycles. The van der Waals surface area contributed by atoms with E-state index in [1.54, 1.807) is 16.9 Å². The summed E-state index contributed by atoms with van der Waals surface area (Å²) in [6.07, 6.45) is 3.26. The number of hydrogen-bond acceptors (Lipinski definition) is 4. The third-order valence-corrected chi connectivity index (χ3v) is 2.51. The molecule has 2 heterocycles. The molecular weight excluding hydrogens is 220 g/mol. The van der Waals surface area contributed by atoms with Crippen molar-refractivity contribution in [2.45, 2.75) is 13.8 Å². The average molecular weight is 234 g/mol. The van der Waals surface area contributed by atoms with Crippen LogP contribution in [0.15, 0.2) is 18.6 Å². The van der Waals surface area contributed by atoms with Gasteiger partial charge in [0.25, 0.3) is 0 Å². The Morgan fingerprint density at radius 2 is 2.29 bits per heavy atom. The van der Waals surface area contributed by atoms with Gasteiger partial charge in [-0.2, -0.15) is 0 Å². The number of rotatable bonds is 3. The van der Waals surface area contributed by atoms with Gasteiger partial charge in [0.2, 0.25) is 0 Å². The molecule has 0 aromatic carbocycles. The van der Waals surface area contributed by atoms with Crippen molar-refractivity contribution in [1.29, 1.82) is 0 Å². The van der Waals surface area contributed by atoms with Gasteiger partial charge < -0.3 is 9.47 Å². The van der Waals surface area contributed by atoms with E-state index in [4.69, 9.17) is 9.47 Å². The second-order valence-corrected chi connectivity index (χ2v) is 3.62. The van der Waals surface area contributed by atoms with Gasteiger partial charge in [-0.05, 0) is 25.5 Å². The van der Waals surface area contributed by atoms with Crippen LogP contribution in [0.4, 0.5) is 0 Å². The zero-order valence-electron chi connectivity index (χ0n) is 10.1. The van der Waals surface area contributed by atoms with Crippen molar-refractivity contribution in [2.75, 3.05) is 13.7 Å². The summed E-state index contributed by atoms with van der Waals surface area (Å²) in [5.41, 5.74) is 2.11. The van der Waals surface area contributed by atoms with E-state index in [0.717, 1.165) is 11.1 Å². The topological polar surface area (TPSA) is 52.8 Å². The largest absolute Gasteiger partial charge is 0.491 e. The molecule has 0 aliphatic rings. The predicted molar refractivity (Wildman–Crippen MR) is 62.4 cm³/mol. The van der Waals surface area contributed by atoms with Gasteiger partial charge in [0, 0.05) is 0 Å².